The molecule has 0 bridgehead atoms. The molecule has 1 aliphatic rings. The van der Waals surface area contributed by atoms with E-state index in [1.165, 1.54) is 34.6 Å². The van der Waals surface area contributed by atoms with Crippen LogP contribution in [-0.2, 0) is 13.0 Å². The molecule has 12 heavy (non-hydrogen) atoms. The fourth-order valence-electron chi connectivity index (χ4n) is 1.83. The zero-order valence-corrected chi connectivity index (χ0v) is 7.56. The van der Waals surface area contributed by atoms with Crippen LogP contribution in [0.25, 0.3) is 0 Å². The van der Waals surface area contributed by atoms with Crippen molar-refractivity contribution in [3.8, 4) is 0 Å². The molecular formula is C11H15N. The van der Waals surface area contributed by atoms with Crippen LogP contribution in [0.3, 0.4) is 0 Å². The first kappa shape index (κ1) is 7.81. The average Bonchev–Trinajstić information content (AvgIpc) is 2.03. The monoisotopic (exact) mass is 161 g/mol. The van der Waals surface area contributed by atoms with Crippen LogP contribution < -0.4 is 4.90 Å². The molecule has 0 aromatic heterocycles. The molecule has 1 aromatic rings. The molecule has 1 heteroatoms. The van der Waals surface area contributed by atoms with E-state index in [1.54, 1.807) is 0 Å². The molecule has 1 unspecified atom stereocenters. The van der Waals surface area contributed by atoms with Gasteiger partial charge in [0.2, 0.25) is 0 Å². The van der Waals surface area contributed by atoms with Crippen LogP contribution in [0.4, 0.5) is 0 Å². The lowest BCUT2D eigenvalue weighted by Crippen LogP contribution is -3.06. The molecule has 0 amide bonds. The number of hydrogen-bond acceptors (Lipinski definition) is 0. The van der Waals surface area contributed by atoms with E-state index >= 15 is 0 Å². The highest BCUT2D eigenvalue weighted by molar-refractivity contribution is 5.31. The van der Waals surface area contributed by atoms with Crippen LogP contribution in [0, 0.1) is 14.0 Å². The zero-order valence-electron chi connectivity index (χ0n) is 7.56. The van der Waals surface area contributed by atoms with E-state index in [0.29, 0.717) is 0 Å². The van der Waals surface area contributed by atoms with Gasteiger partial charge in [-0.05, 0) is 12.5 Å². The topological polar surface area (TPSA) is 4.44 Å². The van der Waals surface area contributed by atoms with Gasteiger partial charge in [0.05, 0.1) is 13.1 Å². The second-order valence-electron chi connectivity index (χ2n) is 3.70. The fourth-order valence-corrected chi connectivity index (χ4v) is 1.83. The van der Waals surface area contributed by atoms with Crippen LogP contribution in [0.2, 0.25) is 0 Å². The van der Waals surface area contributed by atoms with E-state index in [-0.39, 0.29) is 0 Å². The van der Waals surface area contributed by atoms with Crippen LogP contribution in [-0.4, -0.2) is 6.54 Å². The molecule has 1 N–H and O–H groups in total. The molecule has 0 spiro atoms. The molecule has 1 atom stereocenters. The smallest absolute Gasteiger partial charge is 0.0790 e. The number of hydrogen-bond donors (Lipinski definition) is 1. The van der Waals surface area contributed by atoms with Gasteiger partial charge in [0.1, 0.15) is 0 Å². The summed E-state index contributed by atoms with van der Waals surface area (Å²) in [7, 11) is 4.04. The summed E-state index contributed by atoms with van der Waals surface area (Å²) >= 11 is 0. The summed E-state index contributed by atoms with van der Waals surface area (Å²) in [6, 6.07) is 6.75. The molecule has 1 nitrogen and oxygen atoms in total. The molecule has 2 rings (SSSR count). The molecular weight excluding hydrogens is 146 g/mol. The minimum Gasteiger partial charge on any atom is -0.464 e. The van der Waals surface area contributed by atoms with Gasteiger partial charge in [-0.3, -0.25) is 0 Å². The highest BCUT2D eigenvalue weighted by Gasteiger charge is 2.12. The third-order valence-electron chi connectivity index (χ3n) is 2.55. The van der Waals surface area contributed by atoms with Crippen molar-refractivity contribution in [2.75, 3.05) is 6.54 Å². The summed E-state index contributed by atoms with van der Waals surface area (Å²) in [5.41, 5.74) is 4.38. The summed E-state index contributed by atoms with van der Waals surface area (Å²) in [4.78, 5) is 1.38. The van der Waals surface area contributed by atoms with E-state index in [1.807, 2.05) is 0 Å². The lowest BCUT2D eigenvalue weighted by molar-refractivity contribution is -0.870. The van der Waals surface area contributed by atoms with Crippen LogP contribution in [0.15, 0.2) is 18.2 Å². The van der Waals surface area contributed by atoms with Gasteiger partial charge in [0, 0.05) is 12.0 Å². The van der Waals surface area contributed by atoms with Gasteiger partial charge in [0.25, 0.3) is 0 Å². The second kappa shape index (κ2) is 2.91. The lowest BCUT2D eigenvalue weighted by atomic mass is 9.98. The van der Waals surface area contributed by atoms with E-state index in [0.717, 1.165) is 6.54 Å². The minimum atomic E-state index is 1.09. The molecule has 0 saturated heterocycles. The Kier molecular flexibility index (Phi) is 1.89. The predicted octanol–water partition coefficient (Wildman–Crippen LogP) is 0.728. The van der Waals surface area contributed by atoms with Gasteiger partial charge >= 0.3 is 0 Å². The summed E-state index contributed by atoms with van der Waals surface area (Å²) in [5.74, 6) is 0. The van der Waals surface area contributed by atoms with Crippen LogP contribution >= 0.6 is 0 Å². The Morgan fingerprint density at radius 1 is 1.33 bits per heavy atom. The standard InChI is InChI=1S/C11H15N/c1-9-3-4-10-5-6-12(2)8-11(10)7-9/h3-4,7,12H,2,5-6,8H2,1H3. The molecule has 0 radical (unpaired) electrons. The lowest BCUT2D eigenvalue weighted by Gasteiger charge is -2.27. The van der Waals surface area contributed by atoms with Crippen molar-refractivity contribution >= 4 is 0 Å². The number of benzene rings is 1. The van der Waals surface area contributed by atoms with Crippen molar-refractivity contribution in [3.63, 3.8) is 0 Å². The predicted molar refractivity (Wildman–Crippen MR) is 49.8 cm³/mol. The highest BCUT2D eigenvalue weighted by Crippen LogP contribution is 2.13. The molecule has 1 heterocycles. The number of quaternary nitrogens is 1. The maximum absolute atomic E-state index is 4.04. The largest absolute Gasteiger partial charge is 0.464 e. The first-order chi connectivity index (χ1) is 5.75. The van der Waals surface area contributed by atoms with Crippen molar-refractivity contribution in [2.24, 2.45) is 0 Å². The Bertz CT molecular complexity index is 291. The number of nitrogens with one attached hydrogen (secondary N) is 1. The van der Waals surface area contributed by atoms with Crippen molar-refractivity contribution < 1.29 is 4.90 Å². The summed E-state index contributed by atoms with van der Waals surface area (Å²) < 4.78 is 0. The molecule has 1 aliphatic heterocycles. The second-order valence-corrected chi connectivity index (χ2v) is 3.70. The molecule has 0 saturated carbocycles. The highest BCUT2D eigenvalue weighted by atomic mass is 15.1. The van der Waals surface area contributed by atoms with E-state index in [2.05, 4.69) is 32.2 Å². The van der Waals surface area contributed by atoms with Gasteiger partial charge < -0.3 is 4.90 Å². The average molecular weight is 161 g/mol. The Balaban J connectivity index is 2.37. The third-order valence-corrected chi connectivity index (χ3v) is 2.55. The van der Waals surface area contributed by atoms with Crippen molar-refractivity contribution in [3.05, 3.63) is 41.9 Å². The molecule has 1 aromatic carbocycles. The van der Waals surface area contributed by atoms with Gasteiger partial charge in [-0.15, -0.1) is 0 Å². The molecule has 0 fully saturated rings. The minimum absolute atomic E-state index is 1.09. The number of aryl methyl sites for hydroxylation is 1. The van der Waals surface area contributed by atoms with Crippen LogP contribution in [0.1, 0.15) is 16.7 Å². The third kappa shape index (κ3) is 1.37. The van der Waals surface area contributed by atoms with Crippen molar-refractivity contribution in [2.45, 2.75) is 19.9 Å². The Morgan fingerprint density at radius 2 is 2.17 bits per heavy atom. The van der Waals surface area contributed by atoms with Crippen LogP contribution in [0.5, 0.6) is 0 Å². The SMILES string of the molecule is [CH2-][NH+]1CCc2ccc(C)cc2C1. The molecule has 0 aliphatic carbocycles. The summed E-state index contributed by atoms with van der Waals surface area (Å²) in [5, 5.41) is 0. The molecule has 64 valence electrons. The summed E-state index contributed by atoms with van der Waals surface area (Å²) in [6.07, 6.45) is 1.19. The number of fused-ring (bicyclic) bond motifs is 1. The zero-order chi connectivity index (χ0) is 8.55. The maximum atomic E-state index is 4.04. The first-order valence-electron chi connectivity index (χ1n) is 4.51. The number of rotatable bonds is 0. The van der Waals surface area contributed by atoms with Crippen molar-refractivity contribution in [1.29, 1.82) is 0 Å². The summed E-state index contributed by atoms with van der Waals surface area (Å²) in [6.45, 7) is 4.42. The Labute approximate surface area is 74.0 Å². The first-order valence-corrected chi connectivity index (χ1v) is 4.51. The van der Waals surface area contributed by atoms with Gasteiger partial charge in [-0.25, -0.2) is 0 Å². The van der Waals surface area contributed by atoms with Crippen molar-refractivity contribution in [1.82, 2.24) is 0 Å². The quantitative estimate of drug-likeness (QED) is 0.535. The van der Waals surface area contributed by atoms with Gasteiger partial charge in [0.15, 0.2) is 0 Å². The van der Waals surface area contributed by atoms with Gasteiger partial charge in [-0.2, -0.15) is 7.05 Å². The van der Waals surface area contributed by atoms with E-state index in [9.17, 15) is 0 Å². The van der Waals surface area contributed by atoms with Gasteiger partial charge in [-0.1, -0.05) is 23.8 Å². The van der Waals surface area contributed by atoms with E-state index in [4.69, 9.17) is 0 Å². The maximum Gasteiger partial charge on any atom is 0.0790 e. The Hall–Kier alpha value is -0.820. The van der Waals surface area contributed by atoms with E-state index < -0.39 is 0 Å². The fraction of sp³-hybridized carbons (Fsp3) is 0.364. The Morgan fingerprint density at radius 3 is 3.00 bits per heavy atom. The normalized spacial score (nSPS) is 22.0.